The number of pyridine rings is 1. The minimum Gasteiger partial charge on any atom is -0.504 e. The molecule has 0 amide bonds. The number of carbonyl (C=O) groups excluding carboxylic acids is 1. The second-order valence-electron chi connectivity index (χ2n) is 5.15. The van der Waals surface area contributed by atoms with Gasteiger partial charge in [-0.25, -0.2) is 0 Å². The van der Waals surface area contributed by atoms with Crippen LogP contribution in [0.2, 0.25) is 0 Å². The maximum absolute atomic E-state index is 12.0. The first-order valence-corrected chi connectivity index (χ1v) is 7.09. The maximum Gasteiger partial charge on any atom is 0.255 e. The molecule has 112 valence electrons. The topological polar surface area (TPSA) is 79.5 Å². The monoisotopic (exact) mass is 281 g/mol. The Bertz CT molecular complexity index is 533. The number of rotatable bonds is 7. The van der Waals surface area contributed by atoms with Crippen molar-refractivity contribution in [3.8, 4) is 11.5 Å². The Labute approximate surface area is 118 Å². The number of carbonyl (C=O) groups is 1. The standard InChI is InChI=1S/C15H23NO4/c1-4-6-7-11(5-2)9-16-13(19)8-12(18)15(20)14(16)10(3)17/h8,11,18,20H,4-7,9H2,1-3H3. The largest absolute Gasteiger partial charge is 0.504 e. The van der Waals surface area contributed by atoms with E-state index in [1.165, 1.54) is 11.5 Å². The normalized spacial score (nSPS) is 12.3. The van der Waals surface area contributed by atoms with Gasteiger partial charge in [-0.1, -0.05) is 33.1 Å². The van der Waals surface area contributed by atoms with E-state index < -0.39 is 22.8 Å². The molecule has 0 aromatic carbocycles. The van der Waals surface area contributed by atoms with Gasteiger partial charge in [-0.05, 0) is 12.3 Å². The number of hydrogen-bond donors (Lipinski definition) is 2. The van der Waals surface area contributed by atoms with E-state index >= 15 is 0 Å². The summed E-state index contributed by atoms with van der Waals surface area (Å²) in [6.45, 7) is 5.81. The lowest BCUT2D eigenvalue weighted by molar-refractivity contribution is 0.0997. The molecule has 0 aliphatic carbocycles. The average molecular weight is 281 g/mol. The average Bonchev–Trinajstić information content (AvgIpc) is 2.39. The van der Waals surface area contributed by atoms with E-state index in [-0.39, 0.29) is 11.6 Å². The van der Waals surface area contributed by atoms with Crippen molar-refractivity contribution in [2.24, 2.45) is 5.92 Å². The van der Waals surface area contributed by atoms with Gasteiger partial charge in [0, 0.05) is 19.5 Å². The molecule has 0 radical (unpaired) electrons. The molecule has 0 fully saturated rings. The van der Waals surface area contributed by atoms with Crippen LogP contribution in [0.5, 0.6) is 11.5 Å². The fraction of sp³-hybridized carbons (Fsp3) is 0.600. The first-order valence-electron chi connectivity index (χ1n) is 7.09. The van der Waals surface area contributed by atoms with Gasteiger partial charge in [0.1, 0.15) is 5.69 Å². The first-order chi connectivity index (χ1) is 9.42. The molecule has 5 heteroatoms. The molecule has 5 nitrogen and oxygen atoms in total. The molecule has 1 atom stereocenters. The van der Waals surface area contributed by atoms with Crippen LogP contribution in [0.4, 0.5) is 0 Å². The van der Waals surface area contributed by atoms with Crippen molar-refractivity contribution in [1.82, 2.24) is 4.57 Å². The smallest absolute Gasteiger partial charge is 0.255 e. The van der Waals surface area contributed by atoms with Crippen molar-refractivity contribution in [3.05, 3.63) is 22.1 Å². The SMILES string of the molecule is CCCCC(CC)Cn1c(C(C)=O)c(O)c(O)cc1=O. The fourth-order valence-electron chi connectivity index (χ4n) is 2.34. The van der Waals surface area contributed by atoms with Crippen molar-refractivity contribution >= 4 is 5.78 Å². The third-order valence-electron chi connectivity index (χ3n) is 3.58. The predicted octanol–water partition coefficient (Wildman–Crippen LogP) is 2.68. The number of aromatic nitrogens is 1. The summed E-state index contributed by atoms with van der Waals surface area (Å²) in [5, 5.41) is 19.3. The van der Waals surface area contributed by atoms with E-state index in [1.54, 1.807) is 0 Å². The van der Waals surface area contributed by atoms with Gasteiger partial charge in [0.25, 0.3) is 5.56 Å². The van der Waals surface area contributed by atoms with E-state index in [0.29, 0.717) is 6.54 Å². The maximum atomic E-state index is 12.0. The fourth-order valence-corrected chi connectivity index (χ4v) is 2.34. The molecule has 1 unspecified atom stereocenters. The summed E-state index contributed by atoms with van der Waals surface area (Å²) in [6.07, 6.45) is 4.00. The molecule has 0 bridgehead atoms. The Kier molecular flexibility index (Phi) is 5.80. The summed E-state index contributed by atoms with van der Waals surface area (Å²) in [7, 11) is 0. The molecule has 0 aliphatic rings. The van der Waals surface area contributed by atoms with Crippen LogP contribution in [0.1, 0.15) is 56.9 Å². The molecule has 0 aliphatic heterocycles. The minimum absolute atomic E-state index is 0.107. The Morgan fingerprint density at radius 3 is 2.50 bits per heavy atom. The van der Waals surface area contributed by atoms with E-state index in [4.69, 9.17) is 0 Å². The molecular formula is C15H23NO4. The van der Waals surface area contributed by atoms with Crippen LogP contribution >= 0.6 is 0 Å². The number of hydrogen-bond acceptors (Lipinski definition) is 4. The second-order valence-corrected chi connectivity index (χ2v) is 5.15. The van der Waals surface area contributed by atoms with Crippen molar-refractivity contribution in [2.45, 2.75) is 53.0 Å². The highest BCUT2D eigenvalue weighted by molar-refractivity contribution is 5.95. The molecule has 0 saturated heterocycles. The summed E-state index contributed by atoms with van der Waals surface area (Å²) in [6, 6.07) is 0.953. The van der Waals surface area contributed by atoms with Gasteiger partial charge in [0.05, 0.1) is 0 Å². The third-order valence-corrected chi connectivity index (χ3v) is 3.58. The van der Waals surface area contributed by atoms with Crippen LogP contribution in [-0.4, -0.2) is 20.6 Å². The zero-order chi connectivity index (χ0) is 15.3. The van der Waals surface area contributed by atoms with Crippen molar-refractivity contribution < 1.29 is 15.0 Å². The molecule has 2 N–H and O–H groups in total. The zero-order valence-corrected chi connectivity index (χ0v) is 12.3. The van der Waals surface area contributed by atoms with Gasteiger partial charge in [0.15, 0.2) is 17.3 Å². The third kappa shape index (κ3) is 3.62. The van der Waals surface area contributed by atoms with Crippen LogP contribution < -0.4 is 5.56 Å². The minimum atomic E-state index is -0.543. The van der Waals surface area contributed by atoms with Gasteiger partial charge in [-0.15, -0.1) is 0 Å². The van der Waals surface area contributed by atoms with Crippen LogP contribution in [0.15, 0.2) is 10.9 Å². The number of Topliss-reactive ketones (excluding diaryl/α,β-unsaturated/α-hetero) is 1. The number of aromatic hydroxyl groups is 2. The first kappa shape index (κ1) is 16.3. The van der Waals surface area contributed by atoms with Gasteiger partial charge in [0.2, 0.25) is 0 Å². The summed E-state index contributed by atoms with van der Waals surface area (Å²) in [5.74, 6) is -1.21. The van der Waals surface area contributed by atoms with Crippen LogP contribution in [0, 0.1) is 5.92 Å². The Balaban J connectivity index is 3.19. The summed E-state index contributed by atoms with van der Waals surface area (Å²) in [4.78, 5) is 23.6. The van der Waals surface area contributed by atoms with E-state index in [0.717, 1.165) is 31.7 Å². The lowest BCUT2D eigenvalue weighted by Gasteiger charge is -2.19. The molecule has 0 spiro atoms. The van der Waals surface area contributed by atoms with Gasteiger partial charge < -0.3 is 14.8 Å². The summed E-state index contributed by atoms with van der Waals surface area (Å²) >= 11 is 0. The van der Waals surface area contributed by atoms with E-state index in [9.17, 15) is 19.8 Å². The van der Waals surface area contributed by atoms with Gasteiger partial charge in [-0.2, -0.15) is 0 Å². The molecular weight excluding hydrogens is 258 g/mol. The number of nitrogens with zero attached hydrogens (tertiary/aromatic N) is 1. The number of unbranched alkanes of at least 4 members (excludes halogenated alkanes) is 1. The quantitative estimate of drug-likeness (QED) is 0.753. The van der Waals surface area contributed by atoms with Crippen molar-refractivity contribution in [2.75, 3.05) is 0 Å². The lowest BCUT2D eigenvalue weighted by atomic mass is 9.99. The number of ketones is 1. The van der Waals surface area contributed by atoms with Crippen LogP contribution in [0.3, 0.4) is 0 Å². The Morgan fingerprint density at radius 2 is 2.00 bits per heavy atom. The molecule has 1 aromatic rings. The highest BCUT2D eigenvalue weighted by Crippen LogP contribution is 2.28. The van der Waals surface area contributed by atoms with Crippen LogP contribution in [0.25, 0.3) is 0 Å². The summed E-state index contributed by atoms with van der Waals surface area (Å²) < 4.78 is 1.28. The molecule has 20 heavy (non-hydrogen) atoms. The lowest BCUT2D eigenvalue weighted by Crippen LogP contribution is -2.28. The van der Waals surface area contributed by atoms with Gasteiger partial charge >= 0.3 is 0 Å². The Morgan fingerprint density at radius 1 is 1.35 bits per heavy atom. The summed E-state index contributed by atoms with van der Waals surface area (Å²) in [5.41, 5.74) is -0.564. The molecule has 1 rings (SSSR count). The molecule has 0 saturated carbocycles. The molecule has 1 heterocycles. The second kappa shape index (κ2) is 7.12. The Hall–Kier alpha value is -1.78. The van der Waals surface area contributed by atoms with E-state index in [1.807, 2.05) is 6.92 Å². The molecule has 1 aromatic heterocycles. The predicted molar refractivity (Wildman–Crippen MR) is 77.3 cm³/mol. The highest BCUT2D eigenvalue weighted by Gasteiger charge is 2.20. The highest BCUT2D eigenvalue weighted by atomic mass is 16.3. The van der Waals surface area contributed by atoms with E-state index in [2.05, 4.69) is 6.92 Å². The van der Waals surface area contributed by atoms with Gasteiger partial charge in [-0.3, -0.25) is 9.59 Å². The van der Waals surface area contributed by atoms with Crippen LogP contribution in [-0.2, 0) is 6.54 Å². The van der Waals surface area contributed by atoms with Crippen molar-refractivity contribution in [1.29, 1.82) is 0 Å². The van der Waals surface area contributed by atoms with Crippen molar-refractivity contribution in [3.63, 3.8) is 0 Å². The zero-order valence-electron chi connectivity index (χ0n) is 12.3.